The molecule has 0 radical (unpaired) electrons. The van der Waals surface area contributed by atoms with Crippen LogP contribution in [0.15, 0.2) is 53.4 Å². The maximum absolute atomic E-state index is 13.6. The van der Waals surface area contributed by atoms with E-state index in [0.29, 0.717) is 29.1 Å². The fourth-order valence-electron chi connectivity index (χ4n) is 3.25. The van der Waals surface area contributed by atoms with Crippen molar-refractivity contribution in [2.24, 2.45) is 0 Å². The summed E-state index contributed by atoms with van der Waals surface area (Å²) in [5.74, 6) is -0.650. The minimum atomic E-state index is -3.59. The molecule has 0 bridgehead atoms. The number of benzene rings is 2. The van der Waals surface area contributed by atoms with Crippen molar-refractivity contribution in [2.75, 3.05) is 26.2 Å². The van der Waals surface area contributed by atoms with Gasteiger partial charge in [0, 0.05) is 37.8 Å². The highest BCUT2D eigenvalue weighted by molar-refractivity contribution is 7.89. The van der Waals surface area contributed by atoms with E-state index < -0.39 is 15.8 Å². The van der Waals surface area contributed by atoms with Crippen molar-refractivity contribution >= 4 is 22.0 Å². The van der Waals surface area contributed by atoms with Crippen molar-refractivity contribution in [1.29, 1.82) is 0 Å². The summed E-state index contributed by atoms with van der Waals surface area (Å²) >= 11 is 0. The number of hydrogen-bond acceptors (Lipinski definition) is 3. The van der Waals surface area contributed by atoms with Crippen molar-refractivity contribution in [3.05, 3.63) is 71.0 Å². The molecular weight excluding hydrogens is 379 g/mol. The average molecular weight is 402 g/mol. The zero-order chi connectivity index (χ0) is 20.3. The second-order valence-corrected chi connectivity index (χ2v) is 8.76. The van der Waals surface area contributed by atoms with Gasteiger partial charge < -0.3 is 4.90 Å². The Morgan fingerprint density at radius 1 is 1.04 bits per heavy atom. The van der Waals surface area contributed by atoms with Crippen LogP contribution in [0.3, 0.4) is 0 Å². The molecule has 0 unspecified atom stereocenters. The molecule has 1 aliphatic rings. The zero-order valence-corrected chi connectivity index (χ0v) is 16.7. The van der Waals surface area contributed by atoms with E-state index in [9.17, 15) is 17.6 Å². The first kappa shape index (κ1) is 20.2. The number of sulfonamides is 1. The third-order valence-corrected chi connectivity index (χ3v) is 6.87. The monoisotopic (exact) mass is 402 g/mol. The zero-order valence-electron chi connectivity index (χ0n) is 15.9. The van der Waals surface area contributed by atoms with Crippen molar-refractivity contribution in [1.82, 2.24) is 9.21 Å². The van der Waals surface area contributed by atoms with E-state index >= 15 is 0 Å². The molecule has 0 aliphatic carbocycles. The Morgan fingerprint density at radius 2 is 1.71 bits per heavy atom. The Balaban J connectivity index is 1.65. The van der Waals surface area contributed by atoms with E-state index in [1.54, 1.807) is 42.2 Å². The van der Waals surface area contributed by atoms with Crippen molar-refractivity contribution < 1.29 is 17.6 Å². The highest BCUT2D eigenvalue weighted by atomic mass is 32.2. The Labute approximate surface area is 165 Å². The van der Waals surface area contributed by atoms with Crippen LogP contribution in [-0.4, -0.2) is 49.7 Å². The summed E-state index contributed by atoms with van der Waals surface area (Å²) in [5.41, 5.74) is 2.06. The molecule has 0 aromatic heterocycles. The van der Waals surface area contributed by atoms with E-state index in [1.807, 2.05) is 13.0 Å². The summed E-state index contributed by atoms with van der Waals surface area (Å²) in [6, 6.07) is 11.5. The first-order chi connectivity index (χ1) is 13.3. The molecule has 0 atom stereocenters. The van der Waals surface area contributed by atoms with Gasteiger partial charge in [0.25, 0.3) is 0 Å². The van der Waals surface area contributed by atoms with Crippen LogP contribution in [0, 0.1) is 19.7 Å². The molecule has 7 heteroatoms. The van der Waals surface area contributed by atoms with Gasteiger partial charge in [0.15, 0.2) is 0 Å². The highest BCUT2D eigenvalue weighted by Crippen LogP contribution is 2.22. The first-order valence-corrected chi connectivity index (χ1v) is 10.5. The summed E-state index contributed by atoms with van der Waals surface area (Å²) in [7, 11) is -3.59. The van der Waals surface area contributed by atoms with E-state index in [1.165, 1.54) is 22.5 Å². The normalized spacial score (nSPS) is 15.9. The van der Waals surface area contributed by atoms with Crippen molar-refractivity contribution in [3.63, 3.8) is 0 Å². The molecule has 0 saturated carbocycles. The lowest BCUT2D eigenvalue weighted by Gasteiger charge is -2.33. The number of carbonyl (C=O) groups is 1. The number of carbonyl (C=O) groups excluding carboxylic acids is 1. The molecule has 2 aromatic rings. The van der Waals surface area contributed by atoms with Crippen LogP contribution in [-0.2, 0) is 14.8 Å². The molecular formula is C21H23FN2O3S. The lowest BCUT2D eigenvalue weighted by Crippen LogP contribution is -2.50. The van der Waals surface area contributed by atoms with Gasteiger partial charge >= 0.3 is 0 Å². The summed E-state index contributed by atoms with van der Waals surface area (Å²) in [4.78, 5) is 14.2. The number of aryl methyl sites for hydroxylation is 2. The lowest BCUT2D eigenvalue weighted by atomic mass is 10.2. The van der Waals surface area contributed by atoms with Gasteiger partial charge in [-0.2, -0.15) is 4.31 Å². The van der Waals surface area contributed by atoms with E-state index in [2.05, 4.69) is 0 Å². The largest absolute Gasteiger partial charge is 0.337 e. The number of hydrogen-bond donors (Lipinski definition) is 0. The second-order valence-electron chi connectivity index (χ2n) is 6.85. The molecule has 1 saturated heterocycles. The van der Waals surface area contributed by atoms with Gasteiger partial charge in [-0.15, -0.1) is 0 Å². The predicted octanol–water partition coefficient (Wildman–Crippen LogP) is 2.99. The SMILES string of the molecule is Cc1ccc(S(=O)(=O)N2CCN(C(=O)/C=C/c3ccccc3F)CC2)c(C)c1. The first-order valence-electron chi connectivity index (χ1n) is 9.08. The number of amides is 1. The highest BCUT2D eigenvalue weighted by Gasteiger charge is 2.30. The summed E-state index contributed by atoms with van der Waals surface area (Å²) in [6.45, 7) is 4.76. The van der Waals surface area contributed by atoms with Crippen LogP contribution in [0.2, 0.25) is 0 Å². The van der Waals surface area contributed by atoms with Crippen LogP contribution in [0.1, 0.15) is 16.7 Å². The van der Waals surface area contributed by atoms with E-state index in [-0.39, 0.29) is 19.0 Å². The molecule has 3 rings (SSSR count). The number of nitrogens with zero attached hydrogens (tertiary/aromatic N) is 2. The van der Waals surface area contributed by atoms with Gasteiger partial charge in [0.1, 0.15) is 5.82 Å². The van der Waals surface area contributed by atoms with Crippen LogP contribution in [0.5, 0.6) is 0 Å². The van der Waals surface area contributed by atoms with Gasteiger partial charge in [0.05, 0.1) is 4.90 Å². The molecule has 1 amide bonds. The fraction of sp³-hybridized carbons (Fsp3) is 0.286. The number of piperazine rings is 1. The smallest absolute Gasteiger partial charge is 0.246 e. The van der Waals surface area contributed by atoms with Crippen LogP contribution < -0.4 is 0 Å². The Bertz CT molecular complexity index is 1010. The Morgan fingerprint density at radius 3 is 2.36 bits per heavy atom. The van der Waals surface area contributed by atoms with Crippen molar-refractivity contribution in [3.8, 4) is 0 Å². The minimum Gasteiger partial charge on any atom is -0.337 e. The standard InChI is InChI=1S/C21H23FN2O3S/c1-16-7-9-20(17(2)15-16)28(26,27)24-13-11-23(12-14-24)21(25)10-8-18-5-3-4-6-19(18)22/h3-10,15H,11-14H2,1-2H3/b10-8+. The molecule has 0 spiro atoms. The fourth-order valence-corrected chi connectivity index (χ4v) is 4.88. The van der Waals surface area contributed by atoms with Crippen LogP contribution in [0.4, 0.5) is 4.39 Å². The number of rotatable bonds is 4. The molecule has 28 heavy (non-hydrogen) atoms. The third-order valence-electron chi connectivity index (χ3n) is 4.81. The lowest BCUT2D eigenvalue weighted by molar-refractivity contribution is -0.127. The predicted molar refractivity (Wildman–Crippen MR) is 107 cm³/mol. The maximum atomic E-state index is 13.6. The molecule has 148 valence electrons. The molecule has 0 N–H and O–H groups in total. The maximum Gasteiger partial charge on any atom is 0.246 e. The Hall–Kier alpha value is -2.51. The quantitative estimate of drug-likeness (QED) is 0.739. The van der Waals surface area contributed by atoms with Crippen molar-refractivity contribution in [2.45, 2.75) is 18.7 Å². The Kier molecular flexibility index (Phi) is 5.96. The topological polar surface area (TPSA) is 57.7 Å². The van der Waals surface area contributed by atoms with E-state index in [0.717, 1.165) is 5.56 Å². The average Bonchev–Trinajstić information content (AvgIpc) is 2.67. The molecule has 1 aliphatic heterocycles. The molecule has 5 nitrogen and oxygen atoms in total. The second kappa shape index (κ2) is 8.24. The summed E-state index contributed by atoms with van der Waals surface area (Å²) in [5, 5.41) is 0. The van der Waals surface area contributed by atoms with Gasteiger partial charge in [-0.3, -0.25) is 4.79 Å². The van der Waals surface area contributed by atoms with Crippen LogP contribution >= 0.6 is 0 Å². The van der Waals surface area contributed by atoms with Gasteiger partial charge in [-0.1, -0.05) is 35.9 Å². The molecule has 2 aromatic carbocycles. The molecule has 1 heterocycles. The van der Waals surface area contributed by atoms with Gasteiger partial charge in [-0.25, -0.2) is 12.8 Å². The minimum absolute atomic E-state index is 0.231. The summed E-state index contributed by atoms with van der Waals surface area (Å²) < 4.78 is 40.9. The molecule has 1 fully saturated rings. The third kappa shape index (κ3) is 4.31. The van der Waals surface area contributed by atoms with E-state index in [4.69, 9.17) is 0 Å². The van der Waals surface area contributed by atoms with Gasteiger partial charge in [-0.05, 0) is 37.6 Å². The number of halogens is 1. The van der Waals surface area contributed by atoms with Gasteiger partial charge in [0.2, 0.25) is 15.9 Å². The summed E-state index contributed by atoms with van der Waals surface area (Å²) in [6.07, 6.45) is 2.77. The van der Waals surface area contributed by atoms with Crippen LogP contribution in [0.25, 0.3) is 6.08 Å².